The molecule has 0 aliphatic heterocycles. The molecule has 0 saturated heterocycles. The molecule has 1 rings (SSSR count). The highest BCUT2D eigenvalue weighted by Gasteiger charge is 2.73. The van der Waals surface area contributed by atoms with Crippen LogP contribution in [-0.2, 0) is 5.67 Å². The van der Waals surface area contributed by atoms with Crippen LogP contribution in [-0.4, -0.2) is 18.3 Å². The second-order valence-corrected chi connectivity index (χ2v) is 4.38. The summed E-state index contributed by atoms with van der Waals surface area (Å²) >= 11 is 0. The maximum atomic E-state index is 13.9. The number of aryl methyl sites for hydroxylation is 1. The molecule has 0 aromatic heterocycles. The van der Waals surface area contributed by atoms with Gasteiger partial charge in [-0.15, -0.1) is 0 Å². The molecule has 124 valence electrons. The molecule has 0 saturated carbocycles. The van der Waals surface area contributed by atoms with Gasteiger partial charge in [-0.3, -0.25) is 10.2 Å². The number of hydrogen-bond donors (Lipinski definition) is 3. The van der Waals surface area contributed by atoms with E-state index in [0.29, 0.717) is 0 Å². The van der Waals surface area contributed by atoms with E-state index in [0.717, 1.165) is 6.92 Å². The van der Waals surface area contributed by atoms with Crippen LogP contribution in [0.3, 0.4) is 0 Å². The minimum absolute atomic E-state index is 0.0749. The summed E-state index contributed by atoms with van der Waals surface area (Å²) in [4.78, 5) is 11.4. The maximum absolute atomic E-state index is 13.9. The Balaban J connectivity index is 3.73. The number of nitrogen functional groups attached to an aromatic ring is 2. The molecule has 0 aliphatic carbocycles. The molecule has 1 amide bonds. The molecule has 1 aromatic rings. The summed E-state index contributed by atoms with van der Waals surface area (Å²) < 4.78 is 90.0. The van der Waals surface area contributed by atoms with Crippen LogP contribution < -0.4 is 17.0 Å². The third-order valence-corrected chi connectivity index (χ3v) is 2.94. The van der Waals surface area contributed by atoms with Gasteiger partial charge >= 0.3 is 18.0 Å². The van der Waals surface area contributed by atoms with Crippen molar-refractivity contribution in [1.29, 1.82) is 0 Å². The van der Waals surface area contributed by atoms with Gasteiger partial charge in [0.15, 0.2) is 0 Å². The molecule has 0 radical (unpaired) electrons. The van der Waals surface area contributed by atoms with E-state index in [-0.39, 0.29) is 17.7 Å². The predicted molar refractivity (Wildman–Crippen MR) is 62.1 cm³/mol. The molecule has 11 heteroatoms. The number of hydrazine groups is 1. The van der Waals surface area contributed by atoms with Gasteiger partial charge in [0.2, 0.25) is 0 Å². The highest BCUT2D eigenvalue weighted by atomic mass is 19.4. The third-order valence-electron chi connectivity index (χ3n) is 2.94. The lowest BCUT2D eigenvalue weighted by atomic mass is 9.90. The Morgan fingerprint density at radius 3 is 1.86 bits per heavy atom. The summed E-state index contributed by atoms with van der Waals surface area (Å²) in [5, 5.41) is 0. The molecule has 0 fully saturated rings. The van der Waals surface area contributed by atoms with Crippen molar-refractivity contribution >= 4 is 11.6 Å². The van der Waals surface area contributed by atoms with Gasteiger partial charge in [-0.05, 0) is 18.6 Å². The number of carbonyl (C=O) groups is 1. The van der Waals surface area contributed by atoms with Gasteiger partial charge in [-0.1, -0.05) is 6.07 Å². The van der Waals surface area contributed by atoms with Gasteiger partial charge in [0.1, 0.15) is 0 Å². The quantitative estimate of drug-likeness (QED) is 0.256. The largest absolute Gasteiger partial charge is 0.435 e. The number of halogens is 7. The molecule has 0 bridgehead atoms. The Labute approximate surface area is 119 Å². The molecule has 4 nitrogen and oxygen atoms in total. The third kappa shape index (κ3) is 2.67. The second kappa shape index (κ2) is 5.30. The average molecular weight is 333 g/mol. The van der Waals surface area contributed by atoms with Gasteiger partial charge in [0.05, 0.1) is 5.56 Å². The number of anilines is 1. The van der Waals surface area contributed by atoms with Crippen LogP contribution in [0.15, 0.2) is 12.1 Å². The summed E-state index contributed by atoms with van der Waals surface area (Å²) in [5.41, 5.74) is -2.13. The molecule has 0 atom stereocenters. The minimum atomic E-state index is -6.29. The lowest BCUT2D eigenvalue weighted by Gasteiger charge is -2.31. The number of nitrogens with one attached hydrogen (secondary N) is 1. The molecule has 0 unspecified atom stereocenters. The summed E-state index contributed by atoms with van der Waals surface area (Å²) in [6, 6.07) is 0.356. The zero-order valence-electron chi connectivity index (χ0n) is 10.9. The Hall–Kier alpha value is -2.04. The fourth-order valence-corrected chi connectivity index (χ4v) is 1.75. The van der Waals surface area contributed by atoms with Gasteiger partial charge in [0.25, 0.3) is 5.91 Å². The van der Waals surface area contributed by atoms with Crippen LogP contribution in [0.4, 0.5) is 36.4 Å². The van der Waals surface area contributed by atoms with Crippen LogP contribution >= 0.6 is 0 Å². The van der Waals surface area contributed by atoms with E-state index >= 15 is 0 Å². The van der Waals surface area contributed by atoms with Crippen LogP contribution in [0, 0.1) is 6.92 Å². The van der Waals surface area contributed by atoms with Crippen molar-refractivity contribution in [2.45, 2.75) is 24.9 Å². The standard InChI is InChI=1S/C11H10F7N3O/c1-4-2-5(3-6(7(4)19)8(22)21-20)9(12,10(13,14)15)11(16,17)18/h2-3H,19-20H2,1H3,(H,21,22). The SMILES string of the molecule is Cc1cc(C(F)(C(F)(F)F)C(F)(F)F)cc(C(=O)NN)c1N. The van der Waals surface area contributed by atoms with Crippen molar-refractivity contribution in [1.82, 2.24) is 5.43 Å². The lowest BCUT2D eigenvalue weighted by Crippen LogP contribution is -2.50. The molecular formula is C11H10F7N3O. The van der Waals surface area contributed by atoms with Crippen LogP contribution in [0.1, 0.15) is 21.5 Å². The number of hydrogen-bond acceptors (Lipinski definition) is 3. The zero-order valence-corrected chi connectivity index (χ0v) is 10.9. The Morgan fingerprint density at radius 1 is 1.05 bits per heavy atom. The van der Waals surface area contributed by atoms with E-state index in [9.17, 15) is 35.5 Å². The van der Waals surface area contributed by atoms with Crippen LogP contribution in [0.25, 0.3) is 0 Å². The molecule has 5 N–H and O–H groups in total. The first kappa shape index (κ1) is 18.0. The number of carbonyl (C=O) groups excluding carboxylic acids is 1. The molecule has 0 heterocycles. The lowest BCUT2D eigenvalue weighted by molar-refractivity contribution is -0.348. The van der Waals surface area contributed by atoms with Crippen molar-refractivity contribution in [3.63, 3.8) is 0 Å². The highest BCUT2D eigenvalue weighted by molar-refractivity contribution is 5.99. The predicted octanol–water partition coefficient (Wildman–Crippen LogP) is 2.47. The molecule has 0 spiro atoms. The number of benzene rings is 1. The topological polar surface area (TPSA) is 81.1 Å². The van der Waals surface area contributed by atoms with Gasteiger partial charge in [-0.2, -0.15) is 26.3 Å². The molecule has 1 aromatic carbocycles. The van der Waals surface area contributed by atoms with Crippen molar-refractivity contribution in [3.05, 3.63) is 28.8 Å². The fourth-order valence-electron chi connectivity index (χ4n) is 1.75. The average Bonchev–Trinajstić information content (AvgIpc) is 2.37. The summed E-state index contributed by atoms with van der Waals surface area (Å²) in [6.07, 6.45) is -12.6. The van der Waals surface area contributed by atoms with Crippen molar-refractivity contribution < 1.29 is 35.5 Å². The van der Waals surface area contributed by atoms with E-state index in [4.69, 9.17) is 11.6 Å². The van der Waals surface area contributed by atoms with Gasteiger partial charge in [-0.25, -0.2) is 10.2 Å². The smallest absolute Gasteiger partial charge is 0.398 e. The highest BCUT2D eigenvalue weighted by Crippen LogP contribution is 2.53. The summed E-state index contributed by atoms with van der Waals surface area (Å²) in [7, 11) is 0. The van der Waals surface area contributed by atoms with Gasteiger partial charge < -0.3 is 5.73 Å². The molecule has 22 heavy (non-hydrogen) atoms. The Kier molecular flexibility index (Phi) is 4.34. The first-order chi connectivity index (χ1) is 9.77. The Morgan fingerprint density at radius 2 is 1.50 bits per heavy atom. The van der Waals surface area contributed by atoms with E-state index < -0.39 is 40.7 Å². The van der Waals surface area contributed by atoms with E-state index in [1.165, 1.54) is 5.43 Å². The van der Waals surface area contributed by atoms with Crippen molar-refractivity contribution in [2.24, 2.45) is 5.84 Å². The first-order valence-electron chi connectivity index (χ1n) is 5.51. The number of rotatable bonds is 2. The first-order valence-corrected chi connectivity index (χ1v) is 5.51. The number of amides is 1. The zero-order chi connectivity index (χ0) is 17.5. The monoisotopic (exact) mass is 333 g/mol. The molecular weight excluding hydrogens is 323 g/mol. The van der Waals surface area contributed by atoms with Gasteiger partial charge in [0, 0.05) is 11.3 Å². The van der Waals surface area contributed by atoms with Crippen molar-refractivity contribution in [3.8, 4) is 0 Å². The Bertz CT molecular complexity index is 581. The van der Waals surface area contributed by atoms with E-state index in [1.807, 2.05) is 0 Å². The number of nitrogens with two attached hydrogens (primary N) is 2. The van der Waals surface area contributed by atoms with Crippen LogP contribution in [0.5, 0.6) is 0 Å². The summed E-state index contributed by atoms with van der Waals surface area (Å²) in [6.45, 7) is 1.03. The number of alkyl halides is 7. The van der Waals surface area contributed by atoms with E-state index in [2.05, 4.69) is 0 Å². The van der Waals surface area contributed by atoms with E-state index in [1.54, 1.807) is 0 Å². The normalized spacial score (nSPS) is 13.1. The summed E-state index contributed by atoms with van der Waals surface area (Å²) in [5.74, 6) is 3.51. The minimum Gasteiger partial charge on any atom is -0.398 e. The fraction of sp³-hybridized carbons (Fsp3) is 0.364. The second-order valence-electron chi connectivity index (χ2n) is 4.38. The maximum Gasteiger partial charge on any atom is 0.435 e. The van der Waals surface area contributed by atoms with Crippen LogP contribution in [0.2, 0.25) is 0 Å². The van der Waals surface area contributed by atoms with Crippen molar-refractivity contribution in [2.75, 3.05) is 5.73 Å². The molecule has 0 aliphatic rings.